The van der Waals surface area contributed by atoms with Crippen LogP contribution in [-0.4, -0.2) is 53.2 Å². The van der Waals surface area contributed by atoms with Crippen LogP contribution < -0.4 is 5.73 Å². The van der Waals surface area contributed by atoms with Gasteiger partial charge in [-0.1, -0.05) is 12.2 Å². The molecule has 2 aliphatic carbocycles. The molecule has 6 atom stereocenters. The van der Waals surface area contributed by atoms with Gasteiger partial charge in [0, 0.05) is 5.92 Å². The number of nitrogens with two attached hydrogens (primary N) is 1. The standard InChI is InChI=1S/C14H17N5O3/c15-13-9-14(17-4-16-13)19(5-18-9)10-6-2-1-3-7(20)8(6)11(21)12(10)22/h1,3-8,10-12,20-22H,2H2,(H2,15,16,17)/t6-,7-,8-,10-,11-,12+/m1/s1. The van der Waals surface area contributed by atoms with E-state index in [4.69, 9.17) is 5.73 Å². The van der Waals surface area contributed by atoms with E-state index in [1.807, 2.05) is 6.08 Å². The average Bonchev–Trinajstić information content (AvgIpc) is 3.02. The highest BCUT2D eigenvalue weighted by Crippen LogP contribution is 2.47. The molecule has 1 saturated carbocycles. The molecule has 2 aliphatic rings. The van der Waals surface area contributed by atoms with Gasteiger partial charge in [0.05, 0.1) is 24.6 Å². The number of fused-ring (bicyclic) bond motifs is 2. The van der Waals surface area contributed by atoms with Crippen LogP contribution in [0.5, 0.6) is 0 Å². The molecule has 8 heteroatoms. The zero-order valence-corrected chi connectivity index (χ0v) is 11.7. The lowest BCUT2D eigenvalue weighted by atomic mass is 9.81. The largest absolute Gasteiger partial charge is 0.390 e. The molecule has 8 nitrogen and oxygen atoms in total. The van der Waals surface area contributed by atoms with Crippen molar-refractivity contribution >= 4 is 17.0 Å². The third-order valence-electron chi connectivity index (χ3n) is 4.87. The molecule has 0 amide bonds. The Morgan fingerprint density at radius 2 is 1.95 bits per heavy atom. The topological polar surface area (TPSA) is 130 Å². The molecule has 0 saturated heterocycles. The van der Waals surface area contributed by atoms with Gasteiger partial charge in [-0.2, -0.15) is 0 Å². The molecule has 0 aliphatic heterocycles. The molecule has 0 radical (unpaired) electrons. The number of nitrogens with zero attached hydrogens (tertiary/aromatic N) is 4. The molecule has 2 aromatic rings. The van der Waals surface area contributed by atoms with Crippen molar-refractivity contribution in [2.75, 3.05) is 5.73 Å². The van der Waals surface area contributed by atoms with Crippen molar-refractivity contribution < 1.29 is 15.3 Å². The molecular weight excluding hydrogens is 286 g/mol. The number of anilines is 1. The van der Waals surface area contributed by atoms with E-state index in [0.717, 1.165) is 0 Å². The first-order valence-corrected chi connectivity index (χ1v) is 7.23. The molecular formula is C14H17N5O3. The van der Waals surface area contributed by atoms with Crippen LogP contribution >= 0.6 is 0 Å². The highest BCUT2D eigenvalue weighted by Gasteiger charge is 2.53. The Kier molecular flexibility index (Phi) is 2.93. The Hall–Kier alpha value is -2.03. The first-order chi connectivity index (χ1) is 10.6. The number of aliphatic hydroxyl groups is 3. The van der Waals surface area contributed by atoms with Crippen molar-refractivity contribution in [1.82, 2.24) is 19.5 Å². The Balaban J connectivity index is 1.84. The lowest BCUT2D eigenvalue weighted by molar-refractivity contribution is -0.0192. The third kappa shape index (κ3) is 1.71. The van der Waals surface area contributed by atoms with Crippen LogP contribution in [0.15, 0.2) is 24.8 Å². The lowest BCUT2D eigenvalue weighted by Crippen LogP contribution is -2.35. The molecule has 22 heavy (non-hydrogen) atoms. The zero-order valence-electron chi connectivity index (χ0n) is 11.7. The van der Waals surface area contributed by atoms with Gasteiger partial charge in [-0.3, -0.25) is 0 Å². The van der Waals surface area contributed by atoms with E-state index in [1.165, 1.54) is 6.33 Å². The number of allylic oxidation sites excluding steroid dienone is 1. The molecule has 0 spiro atoms. The van der Waals surface area contributed by atoms with Crippen LogP contribution in [0.4, 0.5) is 5.82 Å². The number of aromatic nitrogens is 4. The fourth-order valence-corrected chi connectivity index (χ4v) is 3.88. The van der Waals surface area contributed by atoms with Gasteiger partial charge in [0.1, 0.15) is 17.9 Å². The van der Waals surface area contributed by atoms with Crippen molar-refractivity contribution in [2.45, 2.75) is 30.8 Å². The molecule has 4 rings (SSSR count). The van der Waals surface area contributed by atoms with Crippen LogP contribution in [0.25, 0.3) is 11.2 Å². The molecule has 116 valence electrons. The quantitative estimate of drug-likeness (QED) is 0.509. The minimum atomic E-state index is -1.00. The Morgan fingerprint density at radius 1 is 1.14 bits per heavy atom. The maximum Gasteiger partial charge on any atom is 0.165 e. The summed E-state index contributed by atoms with van der Waals surface area (Å²) in [5, 5.41) is 30.9. The number of nitrogen functional groups attached to an aromatic ring is 1. The maximum atomic E-state index is 10.5. The van der Waals surface area contributed by atoms with E-state index >= 15 is 0 Å². The molecule has 2 aromatic heterocycles. The highest BCUT2D eigenvalue weighted by molar-refractivity contribution is 5.81. The zero-order chi connectivity index (χ0) is 15.4. The van der Waals surface area contributed by atoms with Crippen LogP contribution in [-0.2, 0) is 0 Å². The summed E-state index contributed by atoms with van der Waals surface area (Å²) in [4.78, 5) is 12.3. The number of imidazole rings is 1. The first kappa shape index (κ1) is 13.6. The Morgan fingerprint density at radius 3 is 2.77 bits per heavy atom. The smallest absolute Gasteiger partial charge is 0.165 e. The van der Waals surface area contributed by atoms with Gasteiger partial charge < -0.3 is 25.6 Å². The molecule has 0 bridgehead atoms. The van der Waals surface area contributed by atoms with Crippen LogP contribution in [0.3, 0.4) is 0 Å². The van der Waals surface area contributed by atoms with Gasteiger partial charge in [0.25, 0.3) is 0 Å². The average molecular weight is 303 g/mol. The highest BCUT2D eigenvalue weighted by atomic mass is 16.3. The van der Waals surface area contributed by atoms with Gasteiger partial charge in [0.15, 0.2) is 11.5 Å². The monoisotopic (exact) mass is 303 g/mol. The number of hydrogen-bond acceptors (Lipinski definition) is 7. The molecule has 5 N–H and O–H groups in total. The summed E-state index contributed by atoms with van der Waals surface area (Å²) in [7, 11) is 0. The minimum Gasteiger partial charge on any atom is -0.390 e. The van der Waals surface area contributed by atoms with E-state index in [0.29, 0.717) is 17.6 Å². The normalized spacial score (nSPS) is 37.6. The number of hydrogen-bond donors (Lipinski definition) is 4. The van der Waals surface area contributed by atoms with Crippen molar-refractivity contribution in [3.05, 3.63) is 24.8 Å². The summed E-state index contributed by atoms with van der Waals surface area (Å²) in [6.45, 7) is 0. The summed E-state index contributed by atoms with van der Waals surface area (Å²) >= 11 is 0. The predicted octanol–water partition coefficient (Wildman–Crippen LogP) is -0.762. The maximum absolute atomic E-state index is 10.5. The van der Waals surface area contributed by atoms with E-state index in [-0.39, 0.29) is 11.7 Å². The van der Waals surface area contributed by atoms with Crippen LogP contribution in [0.2, 0.25) is 0 Å². The molecule has 0 aromatic carbocycles. The van der Waals surface area contributed by atoms with E-state index < -0.39 is 30.3 Å². The summed E-state index contributed by atoms with van der Waals surface area (Å²) in [5.74, 6) is -0.225. The van der Waals surface area contributed by atoms with E-state index in [9.17, 15) is 15.3 Å². The summed E-state index contributed by atoms with van der Waals surface area (Å²) in [6, 6.07) is -0.418. The van der Waals surface area contributed by atoms with Gasteiger partial charge in [-0.05, 0) is 12.3 Å². The SMILES string of the molecule is Nc1ncnc2c1ncn2[C@H]1[C@H](O)[C@H](O)[C@@H]2[C@H]1CC=C[C@H]2O. The fourth-order valence-electron chi connectivity index (χ4n) is 3.88. The predicted molar refractivity (Wildman–Crippen MR) is 77.5 cm³/mol. The van der Waals surface area contributed by atoms with E-state index in [1.54, 1.807) is 17.0 Å². The third-order valence-corrected chi connectivity index (χ3v) is 4.87. The van der Waals surface area contributed by atoms with Crippen molar-refractivity contribution in [1.29, 1.82) is 0 Å². The Bertz CT molecular complexity index is 745. The number of rotatable bonds is 1. The van der Waals surface area contributed by atoms with Crippen molar-refractivity contribution in [3.63, 3.8) is 0 Å². The molecule has 0 unspecified atom stereocenters. The van der Waals surface area contributed by atoms with Crippen LogP contribution in [0.1, 0.15) is 12.5 Å². The lowest BCUT2D eigenvalue weighted by Gasteiger charge is -2.30. The van der Waals surface area contributed by atoms with Crippen molar-refractivity contribution in [3.8, 4) is 0 Å². The van der Waals surface area contributed by atoms with Gasteiger partial charge in [-0.15, -0.1) is 0 Å². The summed E-state index contributed by atoms with van der Waals surface area (Å²) < 4.78 is 1.73. The van der Waals surface area contributed by atoms with Gasteiger partial charge in [0.2, 0.25) is 0 Å². The van der Waals surface area contributed by atoms with Crippen LogP contribution in [0, 0.1) is 11.8 Å². The fraction of sp³-hybridized carbons (Fsp3) is 0.500. The molecule has 1 fully saturated rings. The van der Waals surface area contributed by atoms with Crippen molar-refractivity contribution in [2.24, 2.45) is 11.8 Å². The number of aliphatic hydroxyl groups excluding tert-OH is 3. The Labute approximate surface area is 125 Å². The van der Waals surface area contributed by atoms with Gasteiger partial charge >= 0.3 is 0 Å². The van der Waals surface area contributed by atoms with Gasteiger partial charge in [-0.25, -0.2) is 15.0 Å². The summed E-state index contributed by atoms with van der Waals surface area (Å²) in [5.41, 5.74) is 6.79. The van der Waals surface area contributed by atoms with E-state index in [2.05, 4.69) is 15.0 Å². The second-order valence-corrected chi connectivity index (χ2v) is 5.95. The minimum absolute atomic E-state index is 0.0985. The second-order valence-electron chi connectivity index (χ2n) is 5.95. The second kappa shape index (κ2) is 4.73. The molecule has 2 heterocycles. The summed E-state index contributed by atoms with van der Waals surface area (Å²) in [6.07, 6.45) is 4.37. The first-order valence-electron chi connectivity index (χ1n) is 7.23.